The molecule has 0 aliphatic carbocycles. The van der Waals surface area contributed by atoms with Crippen molar-refractivity contribution in [1.29, 1.82) is 0 Å². The quantitative estimate of drug-likeness (QED) is 0.207. The monoisotopic (exact) mass is 531 g/mol. The Kier molecular flexibility index (Phi) is 5.15. The van der Waals surface area contributed by atoms with Gasteiger partial charge in [-0.1, -0.05) is 46.4 Å². The first-order valence-corrected chi connectivity index (χ1v) is 11.6. The summed E-state index contributed by atoms with van der Waals surface area (Å²) in [4.78, 5) is 22.4. The molecule has 2 heterocycles. The third-order valence-electron chi connectivity index (χ3n) is 5.19. The van der Waals surface area contributed by atoms with Crippen LogP contribution in [0.1, 0.15) is 27.0 Å². The maximum absolute atomic E-state index is 13.0. The van der Waals surface area contributed by atoms with E-state index >= 15 is 0 Å². The van der Waals surface area contributed by atoms with Gasteiger partial charge in [-0.15, -0.1) is 0 Å². The fourth-order valence-corrected chi connectivity index (χ4v) is 5.15. The van der Waals surface area contributed by atoms with E-state index in [-0.39, 0.29) is 48.7 Å². The lowest BCUT2D eigenvalue weighted by Crippen LogP contribution is -2.33. The number of carbonyl (C=O) groups is 1. The fraction of sp³-hybridized carbons (Fsp3) is 0.0500. The van der Waals surface area contributed by atoms with Gasteiger partial charge in [0.2, 0.25) is 0 Å². The van der Waals surface area contributed by atoms with Crippen LogP contribution in [-0.4, -0.2) is 16.0 Å². The third kappa shape index (κ3) is 2.97. The van der Waals surface area contributed by atoms with Gasteiger partial charge in [-0.2, -0.15) is 0 Å². The van der Waals surface area contributed by atoms with Crippen LogP contribution in [0.15, 0.2) is 36.4 Å². The predicted molar refractivity (Wildman–Crippen MR) is 120 cm³/mol. The van der Waals surface area contributed by atoms with Crippen LogP contribution >= 0.6 is 54.9 Å². The summed E-state index contributed by atoms with van der Waals surface area (Å²) in [6.07, 6.45) is 0. The summed E-state index contributed by atoms with van der Waals surface area (Å²) in [5.41, 5.74) is 4.91. The Morgan fingerprint density at radius 3 is 2.41 bits per heavy atom. The third-order valence-corrected chi connectivity index (χ3v) is 7.22. The molecule has 164 valence electrons. The first kappa shape index (κ1) is 21.9. The molecule has 5 rings (SSSR count). The molecule has 2 unspecified atom stereocenters. The minimum absolute atomic E-state index is 0.0142. The van der Waals surface area contributed by atoms with E-state index in [0.29, 0.717) is 16.7 Å². The highest BCUT2D eigenvalue weighted by atomic mass is 35.5. The number of fused-ring (bicyclic) bond motifs is 6. The second kappa shape index (κ2) is 7.54. The number of nitrogens with two attached hydrogens (primary N) is 1. The molecule has 7 nitrogen and oxygen atoms in total. The summed E-state index contributed by atoms with van der Waals surface area (Å²) in [6.45, 7) is 0. The molecule has 4 N–H and O–H groups in total. The first-order chi connectivity index (χ1) is 15.1. The normalized spacial score (nSPS) is 19.0. The largest absolute Gasteiger partial charge is 0.506 e. The van der Waals surface area contributed by atoms with Gasteiger partial charge >= 0.3 is 14.5 Å². The minimum atomic E-state index is -2.19. The summed E-state index contributed by atoms with van der Waals surface area (Å²) in [5.74, 6) is -0.534. The molecule has 0 fully saturated rings. The van der Waals surface area contributed by atoms with Crippen molar-refractivity contribution in [3.8, 4) is 23.0 Å². The molecule has 2 aliphatic rings. The van der Waals surface area contributed by atoms with E-state index < -0.39 is 20.1 Å². The highest BCUT2D eigenvalue weighted by Crippen LogP contribution is 2.60. The number of phenols is 1. The minimum Gasteiger partial charge on any atom is -0.506 e. The number of halogens is 4. The maximum atomic E-state index is 13.0. The molecule has 0 aromatic heterocycles. The molecule has 0 amide bonds. The second-order valence-electron chi connectivity index (χ2n) is 6.91. The molecule has 32 heavy (non-hydrogen) atoms. The number of hydrogen-bond acceptors (Lipinski definition) is 7. The number of aromatic hydroxyl groups is 1. The van der Waals surface area contributed by atoms with Gasteiger partial charge < -0.3 is 24.0 Å². The van der Waals surface area contributed by atoms with Crippen molar-refractivity contribution in [2.75, 3.05) is 0 Å². The van der Waals surface area contributed by atoms with Crippen LogP contribution in [0.5, 0.6) is 23.0 Å². The average Bonchev–Trinajstić information content (AvgIpc) is 3.01. The highest BCUT2D eigenvalue weighted by Gasteiger charge is 2.55. The molecular formula is C20H10Cl4NO6P. The predicted octanol–water partition coefficient (Wildman–Crippen LogP) is 6.13. The Morgan fingerprint density at radius 2 is 1.69 bits per heavy atom. The lowest BCUT2D eigenvalue weighted by atomic mass is 9.77. The number of ether oxygens (including phenoxy) is 2. The van der Waals surface area contributed by atoms with Crippen LogP contribution in [0.4, 0.5) is 0 Å². The lowest BCUT2D eigenvalue weighted by molar-refractivity contribution is 0.0224. The summed E-state index contributed by atoms with van der Waals surface area (Å²) >= 11 is 25.2. The number of rotatable bonds is 2. The number of benzene rings is 3. The van der Waals surface area contributed by atoms with Crippen molar-refractivity contribution in [3.05, 3.63) is 78.7 Å². The topological polar surface area (TPSA) is 111 Å². The number of carbonyl (C=O) groups excluding carboxylic acids is 1. The van der Waals surface area contributed by atoms with Gasteiger partial charge in [-0.05, 0) is 30.3 Å². The van der Waals surface area contributed by atoms with Crippen molar-refractivity contribution in [1.82, 2.24) is 0 Å². The number of esters is 1. The fourth-order valence-electron chi connectivity index (χ4n) is 3.94. The standard InChI is InChI=1S/C20H10Cl4NO6P/c21-11-6-10-14(17(24)15(11)22)19(27)30-20(10)8-2-1-7(31-32(25)28)5-13(8)29-18-9(20)3-4-12(26)16(18)23/h1-6,26,28H,25H2. The average molecular weight is 533 g/mol. The molecule has 2 aliphatic heterocycles. The van der Waals surface area contributed by atoms with Crippen LogP contribution in [-0.2, 0) is 10.3 Å². The van der Waals surface area contributed by atoms with Gasteiger partial charge in [0.05, 0.1) is 20.6 Å². The summed E-state index contributed by atoms with van der Waals surface area (Å²) in [7, 11) is -2.19. The zero-order valence-electron chi connectivity index (χ0n) is 15.5. The second-order valence-corrected chi connectivity index (χ2v) is 9.24. The summed E-state index contributed by atoms with van der Waals surface area (Å²) in [5, 5.41) is 10.1. The number of phenolic OH excluding ortho intramolecular Hbond substituents is 1. The molecule has 12 heteroatoms. The van der Waals surface area contributed by atoms with Gasteiger partial charge in [0.15, 0.2) is 11.4 Å². The van der Waals surface area contributed by atoms with Gasteiger partial charge in [-0.25, -0.2) is 4.79 Å². The summed E-state index contributed by atoms with van der Waals surface area (Å²) < 4.78 is 17.1. The van der Waals surface area contributed by atoms with Crippen molar-refractivity contribution < 1.29 is 28.8 Å². The zero-order chi connectivity index (χ0) is 22.9. The molecule has 0 saturated carbocycles. The Labute approximate surface area is 202 Å². The van der Waals surface area contributed by atoms with Gasteiger partial charge in [0.25, 0.3) is 0 Å². The first-order valence-electron chi connectivity index (χ1n) is 8.82. The Bertz CT molecular complexity index is 1330. The van der Waals surface area contributed by atoms with Crippen LogP contribution in [0.3, 0.4) is 0 Å². The van der Waals surface area contributed by atoms with E-state index in [1.807, 2.05) is 0 Å². The van der Waals surface area contributed by atoms with E-state index in [0.717, 1.165) is 0 Å². The summed E-state index contributed by atoms with van der Waals surface area (Å²) in [6, 6.07) is 8.94. The smallest absolute Gasteiger partial charge is 0.341 e. The Hall–Kier alpha value is -1.96. The zero-order valence-corrected chi connectivity index (χ0v) is 19.4. The van der Waals surface area contributed by atoms with E-state index in [1.165, 1.54) is 30.3 Å². The molecule has 0 bridgehead atoms. The molecule has 1 spiro atoms. The van der Waals surface area contributed by atoms with Crippen molar-refractivity contribution in [2.45, 2.75) is 5.60 Å². The van der Waals surface area contributed by atoms with Crippen LogP contribution in [0.25, 0.3) is 0 Å². The lowest BCUT2D eigenvalue weighted by Gasteiger charge is -2.37. The SMILES string of the molecule is NP(O)Oc1ccc2c(c1)Oc1c(ccc(O)c1Cl)C21OC(=O)c2c1cc(Cl)c(Cl)c2Cl. The molecule has 0 saturated heterocycles. The molecule has 2 atom stereocenters. The maximum Gasteiger partial charge on any atom is 0.341 e. The van der Waals surface area contributed by atoms with Crippen molar-refractivity contribution in [3.63, 3.8) is 0 Å². The van der Waals surface area contributed by atoms with Crippen molar-refractivity contribution in [2.24, 2.45) is 5.50 Å². The Morgan fingerprint density at radius 1 is 0.969 bits per heavy atom. The number of hydrogen-bond donors (Lipinski definition) is 3. The van der Waals surface area contributed by atoms with Gasteiger partial charge in [-0.3, -0.25) is 5.50 Å². The van der Waals surface area contributed by atoms with E-state index in [9.17, 15) is 14.8 Å². The van der Waals surface area contributed by atoms with E-state index in [1.54, 1.807) is 6.07 Å². The Balaban J connectivity index is 1.88. The molecule has 3 aromatic rings. The van der Waals surface area contributed by atoms with Gasteiger partial charge in [0.1, 0.15) is 22.3 Å². The molecule has 3 aromatic carbocycles. The van der Waals surface area contributed by atoms with Crippen LogP contribution in [0.2, 0.25) is 20.1 Å². The van der Waals surface area contributed by atoms with Crippen LogP contribution < -0.4 is 14.8 Å². The van der Waals surface area contributed by atoms with Crippen molar-refractivity contribution >= 4 is 60.9 Å². The molecular weight excluding hydrogens is 523 g/mol. The van der Waals surface area contributed by atoms with Gasteiger partial charge in [0, 0.05) is 22.8 Å². The molecule has 0 radical (unpaired) electrons. The van der Waals surface area contributed by atoms with E-state index in [2.05, 4.69) is 0 Å². The highest BCUT2D eigenvalue weighted by molar-refractivity contribution is 7.43. The van der Waals surface area contributed by atoms with E-state index in [4.69, 9.17) is 65.9 Å². The van der Waals surface area contributed by atoms with Crippen LogP contribution in [0, 0.1) is 0 Å².